The number of halogens is 1. The molecule has 0 saturated carbocycles. The maximum Gasteiger partial charge on any atom is 0.334 e. The highest BCUT2D eigenvalue weighted by molar-refractivity contribution is 7.86. The summed E-state index contributed by atoms with van der Waals surface area (Å²) in [5, 5.41) is 0. The van der Waals surface area contributed by atoms with Crippen molar-refractivity contribution in [2.24, 2.45) is 0 Å². The number of hydrogen-bond donors (Lipinski definition) is 0. The molecule has 2 rings (SSSR count). The summed E-state index contributed by atoms with van der Waals surface area (Å²) in [6.07, 6.45) is 1.78. The lowest BCUT2D eigenvalue weighted by Gasteiger charge is -2.28. The van der Waals surface area contributed by atoms with Gasteiger partial charge >= 0.3 is 10.2 Å². The summed E-state index contributed by atoms with van der Waals surface area (Å²) in [4.78, 5) is 1.59. The van der Waals surface area contributed by atoms with E-state index in [1.165, 1.54) is 6.07 Å². The van der Waals surface area contributed by atoms with E-state index in [1.54, 1.807) is 18.0 Å². The van der Waals surface area contributed by atoms with E-state index in [-0.39, 0.29) is 4.90 Å². The maximum absolute atomic E-state index is 13.0. The standard InChI is InChI=1S/C10H12FNO2S/c1-12-7-3-5-8-4-2-6-9(10(8)12)15(11,13)14/h2,4,6H,3,5,7H2,1H3. The van der Waals surface area contributed by atoms with Gasteiger partial charge in [0.15, 0.2) is 0 Å². The minimum atomic E-state index is -4.62. The second-order valence-corrected chi connectivity index (χ2v) is 5.04. The number of rotatable bonds is 1. The third-order valence-corrected chi connectivity index (χ3v) is 3.52. The third-order valence-electron chi connectivity index (χ3n) is 2.67. The van der Waals surface area contributed by atoms with Crippen LogP contribution in [0, 0.1) is 0 Å². The van der Waals surface area contributed by atoms with Gasteiger partial charge in [-0.3, -0.25) is 0 Å². The molecule has 0 radical (unpaired) electrons. The summed E-state index contributed by atoms with van der Waals surface area (Å²) < 4.78 is 34.9. The molecule has 1 aliphatic rings. The summed E-state index contributed by atoms with van der Waals surface area (Å²) in [6.45, 7) is 0.763. The Morgan fingerprint density at radius 3 is 2.80 bits per heavy atom. The van der Waals surface area contributed by atoms with Crippen molar-refractivity contribution in [2.75, 3.05) is 18.5 Å². The van der Waals surface area contributed by atoms with Crippen LogP contribution in [-0.4, -0.2) is 22.0 Å². The molecule has 0 N–H and O–H groups in total. The first-order chi connectivity index (χ1) is 7.00. The molecule has 1 aromatic carbocycles. The Morgan fingerprint density at radius 2 is 2.13 bits per heavy atom. The van der Waals surface area contributed by atoms with Crippen LogP contribution in [-0.2, 0) is 16.6 Å². The fourth-order valence-corrected chi connectivity index (χ4v) is 2.78. The Bertz CT molecular complexity index is 484. The Kier molecular flexibility index (Phi) is 2.42. The van der Waals surface area contributed by atoms with Crippen molar-refractivity contribution in [3.63, 3.8) is 0 Å². The molecule has 0 aliphatic carbocycles. The van der Waals surface area contributed by atoms with Gasteiger partial charge in [0.1, 0.15) is 4.90 Å². The zero-order valence-corrected chi connectivity index (χ0v) is 9.22. The predicted molar refractivity (Wildman–Crippen MR) is 56.3 cm³/mol. The molecule has 0 amide bonds. The van der Waals surface area contributed by atoms with E-state index in [0.29, 0.717) is 5.69 Å². The average Bonchev–Trinajstić information content (AvgIpc) is 2.16. The van der Waals surface area contributed by atoms with Crippen LogP contribution in [0.1, 0.15) is 12.0 Å². The van der Waals surface area contributed by atoms with Crippen molar-refractivity contribution in [2.45, 2.75) is 17.7 Å². The van der Waals surface area contributed by atoms with Crippen LogP contribution in [0.2, 0.25) is 0 Å². The SMILES string of the molecule is CN1CCCc2cccc(S(=O)(=O)F)c21. The fourth-order valence-electron chi connectivity index (χ4n) is 2.02. The highest BCUT2D eigenvalue weighted by Crippen LogP contribution is 2.33. The largest absolute Gasteiger partial charge is 0.373 e. The quantitative estimate of drug-likeness (QED) is 0.688. The van der Waals surface area contributed by atoms with E-state index in [9.17, 15) is 12.3 Å². The molecule has 0 atom stereocenters. The molecular weight excluding hydrogens is 217 g/mol. The van der Waals surface area contributed by atoms with Gasteiger partial charge in [0.25, 0.3) is 0 Å². The molecule has 0 spiro atoms. The second-order valence-electron chi connectivity index (χ2n) is 3.73. The number of anilines is 1. The molecule has 0 fully saturated rings. The van der Waals surface area contributed by atoms with Crippen LogP contribution in [0.15, 0.2) is 23.1 Å². The van der Waals surface area contributed by atoms with Gasteiger partial charge in [-0.1, -0.05) is 12.1 Å². The zero-order valence-electron chi connectivity index (χ0n) is 8.40. The van der Waals surface area contributed by atoms with Gasteiger partial charge in [-0.05, 0) is 24.5 Å². The molecule has 1 heterocycles. The Hall–Kier alpha value is -1.10. The van der Waals surface area contributed by atoms with Gasteiger partial charge in [0.05, 0.1) is 5.69 Å². The van der Waals surface area contributed by atoms with Crippen molar-refractivity contribution in [1.29, 1.82) is 0 Å². The van der Waals surface area contributed by atoms with Crippen LogP contribution in [0.25, 0.3) is 0 Å². The summed E-state index contributed by atoms with van der Waals surface area (Å²) >= 11 is 0. The molecule has 15 heavy (non-hydrogen) atoms. The highest BCUT2D eigenvalue weighted by atomic mass is 32.3. The number of hydrogen-bond acceptors (Lipinski definition) is 3. The number of nitrogens with zero attached hydrogens (tertiary/aromatic N) is 1. The normalized spacial score (nSPS) is 16.3. The topological polar surface area (TPSA) is 37.4 Å². The molecular formula is C10H12FNO2S. The van der Waals surface area contributed by atoms with Crippen molar-refractivity contribution in [3.8, 4) is 0 Å². The number of fused-ring (bicyclic) bond motifs is 1. The van der Waals surface area contributed by atoms with Gasteiger partial charge in [-0.25, -0.2) is 0 Å². The summed E-state index contributed by atoms with van der Waals surface area (Å²) in [7, 11) is -2.83. The van der Waals surface area contributed by atoms with Crippen molar-refractivity contribution in [1.82, 2.24) is 0 Å². The average molecular weight is 229 g/mol. The van der Waals surface area contributed by atoms with Gasteiger partial charge in [-0.2, -0.15) is 8.42 Å². The Balaban J connectivity index is 2.67. The minimum absolute atomic E-state index is 0.206. The molecule has 3 nitrogen and oxygen atoms in total. The molecule has 0 saturated heterocycles. The maximum atomic E-state index is 13.0. The van der Waals surface area contributed by atoms with Gasteiger partial charge in [-0.15, -0.1) is 3.89 Å². The van der Waals surface area contributed by atoms with E-state index in [1.807, 2.05) is 6.07 Å². The van der Waals surface area contributed by atoms with Gasteiger partial charge in [0.2, 0.25) is 0 Å². The summed E-state index contributed by atoms with van der Waals surface area (Å²) in [5.74, 6) is 0. The molecule has 0 aromatic heterocycles. The molecule has 0 unspecified atom stereocenters. The number of para-hydroxylation sites is 1. The van der Waals surface area contributed by atoms with Crippen LogP contribution in [0.5, 0.6) is 0 Å². The van der Waals surface area contributed by atoms with E-state index in [2.05, 4.69) is 0 Å². The number of aryl methyl sites for hydroxylation is 1. The van der Waals surface area contributed by atoms with E-state index in [4.69, 9.17) is 0 Å². The van der Waals surface area contributed by atoms with Crippen molar-refractivity contribution in [3.05, 3.63) is 23.8 Å². The smallest absolute Gasteiger partial charge is 0.334 e. The van der Waals surface area contributed by atoms with E-state index < -0.39 is 10.2 Å². The van der Waals surface area contributed by atoms with E-state index in [0.717, 1.165) is 24.9 Å². The highest BCUT2D eigenvalue weighted by Gasteiger charge is 2.24. The van der Waals surface area contributed by atoms with Crippen LogP contribution in [0.3, 0.4) is 0 Å². The first-order valence-electron chi connectivity index (χ1n) is 4.78. The van der Waals surface area contributed by atoms with Gasteiger partial charge in [0, 0.05) is 13.6 Å². The molecule has 1 aromatic rings. The van der Waals surface area contributed by atoms with Gasteiger partial charge < -0.3 is 4.90 Å². The zero-order chi connectivity index (χ0) is 11.1. The number of benzene rings is 1. The summed E-state index contributed by atoms with van der Waals surface area (Å²) in [5.41, 5.74) is 1.42. The van der Waals surface area contributed by atoms with Crippen LogP contribution >= 0.6 is 0 Å². The van der Waals surface area contributed by atoms with Crippen molar-refractivity contribution < 1.29 is 12.3 Å². The lowest BCUT2D eigenvalue weighted by Crippen LogP contribution is -2.26. The van der Waals surface area contributed by atoms with Crippen LogP contribution in [0.4, 0.5) is 9.57 Å². The minimum Gasteiger partial charge on any atom is -0.373 e. The third kappa shape index (κ3) is 1.84. The second kappa shape index (κ2) is 3.48. The first-order valence-corrected chi connectivity index (χ1v) is 6.16. The lowest BCUT2D eigenvalue weighted by atomic mass is 10.0. The van der Waals surface area contributed by atoms with Crippen LogP contribution < -0.4 is 4.90 Å². The Labute approximate surface area is 88.7 Å². The molecule has 1 aliphatic heterocycles. The first kappa shape index (κ1) is 10.4. The van der Waals surface area contributed by atoms with Crippen molar-refractivity contribution >= 4 is 15.9 Å². The monoisotopic (exact) mass is 229 g/mol. The van der Waals surface area contributed by atoms with E-state index >= 15 is 0 Å². The molecule has 0 bridgehead atoms. The fraction of sp³-hybridized carbons (Fsp3) is 0.400. The molecule has 5 heteroatoms. The molecule has 82 valence electrons. The lowest BCUT2D eigenvalue weighted by molar-refractivity contribution is 0.551. The predicted octanol–water partition coefficient (Wildman–Crippen LogP) is 1.73. The summed E-state index contributed by atoms with van der Waals surface area (Å²) in [6, 6.07) is 4.75. The Morgan fingerprint density at radius 1 is 1.40 bits per heavy atom.